The molecule has 2 fully saturated rings. The SMILES string of the molecule is CCN(Cc1cc(CNC2CC2)co1)C1CCCCC1. The minimum Gasteiger partial charge on any atom is -0.468 e. The molecule has 0 amide bonds. The van der Waals surface area contributed by atoms with E-state index in [-0.39, 0.29) is 0 Å². The van der Waals surface area contributed by atoms with E-state index >= 15 is 0 Å². The van der Waals surface area contributed by atoms with Gasteiger partial charge in [-0.3, -0.25) is 4.90 Å². The van der Waals surface area contributed by atoms with Crippen molar-refractivity contribution < 1.29 is 4.42 Å². The van der Waals surface area contributed by atoms with Crippen LogP contribution in [-0.4, -0.2) is 23.5 Å². The van der Waals surface area contributed by atoms with Gasteiger partial charge >= 0.3 is 0 Å². The summed E-state index contributed by atoms with van der Waals surface area (Å²) in [7, 11) is 0. The lowest BCUT2D eigenvalue weighted by molar-refractivity contribution is 0.145. The highest BCUT2D eigenvalue weighted by atomic mass is 16.3. The van der Waals surface area contributed by atoms with E-state index in [1.165, 1.54) is 50.5 Å². The molecule has 20 heavy (non-hydrogen) atoms. The molecule has 0 unspecified atom stereocenters. The Labute approximate surface area is 122 Å². The van der Waals surface area contributed by atoms with Crippen molar-refractivity contribution in [3.05, 3.63) is 23.7 Å². The van der Waals surface area contributed by atoms with E-state index in [4.69, 9.17) is 4.42 Å². The summed E-state index contributed by atoms with van der Waals surface area (Å²) in [5, 5.41) is 3.54. The summed E-state index contributed by atoms with van der Waals surface area (Å²) >= 11 is 0. The Hall–Kier alpha value is -0.800. The molecule has 0 aliphatic heterocycles. The van der Waals surface area contributed by atoms with Gasteiger partial charge in [0.25, 0.3) is 0 Å². The van der Waals surface area contributed by atoms with Crippen LogP contribution in [0.1, 0.15) is 63.2 Å². The van der Waals surface area contributed by atoms with Gasteiger partial charge in [-0.25, -0.2) is 0 Å². The van der Waals surface area contributed by atoms with Crippen molar-refractivity contribution in [3.63, 3.8) is 0 Å². The van der Waals surface area contributed by atoms with Crippen LogP contribution in [0.5, 0.6) is 0 Å². The second kappa shape index (κ2) is 6.77. The highest BCUT2D eigenvalue weighted by Gasteiger charge is 2.22. The van der Waals surface area contributed by atoms with Crippen molar-refractivity contribution >= 4 is 0 Å². The lowest BCUT2D eigenvalue weighted by Gasteiger charge is -2.32. The van der Waals surface area contributed by atoms with Gasteiger partial charge in [0.05, 0.1) is 12.8 Å². The second-order valence-corrected chi connectivity index (χ2v) is 6.43. The largest absolute Gasteiger partial charge is 0.468 e. The zero-order valence-electron chi connectivity index (χ0n) is 12.7. The zero-order chi connectivity index (χ0) is 13.8. The van der Waals surface area contributed by atoms with E-state index in [9.17, 15) is 0 Å². The lowest BCUT2D eigenvalue weighted by atomic mass is 9.94. The maximum absolute atomic E-state index is 5.76. The van der Waals surface area contributed by atoms with Gasteiger partial charge in [-0.2, -0.15) is 0 Å². The van der Waals surface area contributed by atoms with Crippen molar-refractivity contribution in [2.45, 2.75) is 77.0 Å². The Bertz CT molecular complexity index is 405. The van der Waals surface area contributed by atoms with Crippen LogP contribution in [0, 0.1) is 0 Å². The third kappa shape index (κ3) is 3.86. The number of nitrogens with one attached hydrogen (secondary N) is 1. The van der Waals surface area contributed by atoms with Gasteiger partial charge in [0, 0.05) is 24.2 Å². The number of rotatable bonds is 7. The molecular formula is C17H28N2O. The van der Waals surface area contributed by atoms with Gasteiger partial charge in [0.2, 0.25) is 0 Å². The molecular weight excluding hydrogens is 248 g/mol. The smallest absolute Gasteiger partial charge is 0.118 e. The van der Waals surface area contributed by atoms with Crippen molar-refractivity contribution in [2.75, 3.05) is 6.54 Å². The number of hydrogen-bond acceptors (Lipinski definition) is 3. The Morgan fingerprint density at radius 3 is 2.70 bits per heavy atom. The first-order valence-electron chi connectivity index (χ1n) is 8.39. The van der Waals surface area contributed by atoms with Gasteiger partial charge in [0.1, 0.15) is 5.76 Å². The molecule has 1 heterocycles. The molecule has 2 aliphatic rings. The summed E-state index contributed by atoms with van der Waals surface area (Å²) in [6, 6.07) is 3.77. The first-order chi connectivity index (χ1) is 9.85. The van der Waals surface area contributed by atoms with Gasteiger partial charge in [-0.05, 0) is 38.3 Å². The number of nitrogens with zero attached hydrogens (tertiary/aromatic N) is 1. The number of hydrogen-bond donors (Lipinski definition) is 1. The Morgan fingerprint density at radius 2 is 2.00 bits per heavy atom. The maximum Gasteiger partial charge on any atom is 0.118 e. The molecule has 3 heteroatoms. The van der Waals surface area contributed by atoms with Crippen molar-refractivity contribution in [3.8, 4) is 0 Å². The summed E-state index contributed by atoms with van der Waals surface area (Å²) in [5.74, 6) is 1.13. The fourth-order valence-electron chi connectivity index (χ4n) is 3.30. The predicted octanol–water partition coefficient (Wildman–Crippen LogP) is 3.69. The summed E-state index contributed by atoms with van der Waals surface area (Å²) in [6.07, 6.45) is 11.6. The van der Waals surface area contributed by atoms with Gasteiger partial charge < -0.3 is 9.73 Å². The summed E-state index contributed by atoms with van der Waals surface area (Å²) < 4.78 is 5.76. The highest BCUT2D eigenvalue weighted by Crippen LogP contribution is 2.24. The number of furan rings is 1. The fraction of sp³-hybridized carbons (Fsp3) is 0.765. The van der Waals surface area contributed by atoms with Crippen LogP contribution in [0.3, 0.4) is 0 Å². The molecule has 0 aromatic carbocycles. The average molecular weight is 276 g/mol. The van der Waals surface area contributed by atoms with E-state index in [0.29, 0.717) is 0 Å². The summed E-state index contributed by atoms with van der Waals surface area (Å²) in [6.45, 7) is 5.34. The van der Waals surface area contributed by atoms with Gasteiger partial charge in [-0.1, -0.05) is 26.2 Å². The van der Waals surface area contributed by atoms with Crippen LogP contribution in [0.4, 0.5) is 0 Å². The van der Waals surface area contributed by atoms with E-state index < -0.39 is 0 Å². The quantitative estimate of drug-likeness (QED) is 0.823. The van der Waals surface area contributed by atoms with Crippen LogP contribution in [0.15, 0.2) is 16.7 Å². The first kappa shape index (κ1) is 14.2. The van der Waals surface area contributed by atoms with E-state index in [0.717, 1.165) is 37.5 Å². The Balaban J connectivity index is 1.51. The molecule has 0 saturated heterocycles. The second-order valence-electron chi connectivity index (χ2n) is 6.43. The van der Waals surface area contributed by atoms with Crippen molar-refractivity contribution in [2.24, 2.45) is 0 Å². The normalized spacial score (nSPS) is 20.7. The molecule has 0 radical (unpaired) electrons. The first-order valence-corrected chi connectivity index (χ1v) is 8.39. The van der Waals surface area contributed by atoms with E-state index in [1.807, 2.05) is 6.26 Å². The van der Waals surface area contributed by atoms with Crippen LogP contribution in [0.25, 0.3) is 0 Å². The molecule has 0 atom stereocenters. The topological polar surface area (TPSA) is 28.4 Å². The highest BCUT2D eigenvalue weighted by molar-refractivity contribution is 5.13. The van der Waals surface area contributed by atoms with Crippen LogP contribution < -0.4 is 5.32 Å². The molecule has 3 rings (SSSR count). The Morgan fingerprint density at radius 1 is 1.20 bits per heavy atom. The molecule has 0 spiro atoms. The Kier molecular flexibility index (Phi) is 4.79. The molecule has 1 N–H and O–H groups in total. The molecule has 0 bridgehead atoms. The third-order valence-corrected chi connectivity index (χ3v) is 4.74. The van der Waals surface area contributed by atoms with E-state index in [2.05, 4.69) is 23.2 Å². The van der Waals surface area contributed by atoms with E-state index in [1.54, 1.807) is 0 Å². The van der Waals surface area contributed by atoms with Gasteiger partial charge in [-0.15, -0.1) is 0 Å². The molecule has 3 nitrogen and oxygen atoms in total. The molecule has 1 aromatic heterocycles. The molecule has 112 valence electrons. The third-order valence-electron chi connectivity index (χ3n) is 4.74. The zero-order valence-corrected chi connectivity index (χ0v) is 12.7. The van der Waals surface area contributed by atoms with Crippen LogP contribution in [0.2, 0.25) is 0 Å². The minimum absolute atomic E-state index is 0.766. The summed E-state index contributed by atoms with van der Waals surface area (Å²) in [4.78, 5) is 2.59. The van der Waals surface area contributed by atoms with Crippen molar-refractivity contribution in [1.82, 2.24) is 10.2 Å². The van der Waals surface area contributed by atoms with Gasteiger partial charge in [0.15, 0.2) is 0 Å². The van der Waals surface area contributed by atoms with Crippen LogP contribution >= 0.6 is 0 Å². The molecule has 2 saturated carbocycles. The standard InChI is InChI=1S/C17H28N2O/c1-2-19(16-6-4-3-5-7-16)12-17-10-14(13-20-17)11-18-15-8-9-15/h10,13,15-16,18H,2-9,11-12H2,1H3. The maximum atomic E-state index is 5.76. The minimum atomic E-state index is 0.766. The predicted molar refractivity (Wildman–Crippen MR) is 81.5 cm³/mol. The monoisotopic (exact) mass is 276 g/mol. The lowest BCUT2D eigenvalue weighted by Crippen LogP contribution is -2.35. The molecule has 2 aliphatic carbocycles. The average Bonchev–Trinajstić information content (AvgIpc) is 3.22. The van der Waals surface area contributed by atoms with Crippen LogP contribution in [-0.2, 0) is 13.1 Å². The van der Waals surface area contributed by atoms with Crippen molar-refractivity contribution in [1.29, 1.82) is 0 Å². The fourth-order valence-corrected chi connectivity index (χ4v) is 3.30. The molecule has 1 aromatic rings. The summed E-state index contributed by atoms with van der Waals surface area (Å²) in [5.41, 5.74) is 1.30.